The first-order valence-corrected chi connectivity index (χ1v) is 7.02. The van der Waals surface area contributed by atoms with Crippen LogP contribution < -0.4 is 14.8 Å². The third-order valence-electron chi connectivity index (χ3n) is 3.25. The Hall–Kier alpha value is -2.07. The van der Waals surface area contributed by atoms with Crippen LogP contribution >= 0.6 is 0 Å². The Bertz CT molecular complexity index is 584. The van der Waals surface area contributed by atoms with Crippen molar-refractivity contribution in [3.05, 3.63) is 53.8 Å². The lowest BCUT2D eigenvalue weighted by molar-refractivity contribution is 0.339. The summed E-state index contributed by atoms with van der Waals surface area (Å²) < 4.78 is 25.2. The van der Waals surface area contributed by atoms with Crippen molar-refractivity contribution >= 4 is 0 Å². The van der Waals surface area contributed by atoms with E-state index in [2.05, 4.69) is 5.32 Å². The Balaban J connectivity index is 2.26. The molecule has 0 aromatic heterocycles. The topological polar surface area (TPSA) is 30.5 Å². The number of para-hydroxylation sites is 1. The van der Waals surface area contributed by atoms with Crippen LogP contribution in [0.3, 0.4) is 0 Å². The van der Waals surface area contributed by atoms with Crippen molar-refractivity contribution < 1.29 is 13.9 Å². The molecule has 0 saturated heterocycles. The van der Waals surface area contributed by atoms with Crippen molar-refractivity contribution in [2.24, 2.45) is 0 Å². The van der Waals surface area contributed by atoms with Gasteiger partial charge in [-0.25, -0.2) is 4.39 Å². The van der Waals surface area contributed by atoms with Gasteiger partial charge in [0.25, 0.3) is 0 Å². The Morgan fingerprint density at radius 3 is 2.38 bits per heavy atom. The zero-order valence-electron chi connectivity index (χ0n) is 12.5. The Kier molecular flexibility index (Phi) is 5.17. The van der Waals surface area contributed by atoms with Crippen molar-refractivity contribution in [1.82, 2.24) is 5.32 Å². The van der Waals surface area contributed by atoms with Crippen molar-refractivity contribution in [3.8, 4) is 17.2 Å². The molecule has 4 heteroatoms. The van der Waals surface area contributed by atoms with Gasteiger partial charge in [0.2, 0.25) is 0 Å². The Morgan fingerprint density at radius 1 is 1.10 bits per heavy atom. The number of benzene rings is 2. The summed E-state index contributed by atoms with van der Waals surface area (Å²) >= 11 is 0. The maximum absolute atomic E-state index is 14.1. The molecular weight excluding hydrogens is 269 g/mol. The number of hydrogen-bond donors (Lipinski definition) is 1. The number of ether oxygens (including phenoxy) is 2. The Morgan fingerprint density at radius 2 is 1.76 bits per heavy atom. The van der Waals surface area contributed by atoms with E-state index in [1.807, 2.05) is 27.0 Å². The first-order chi connectivity index (χ1) is 10.2. The van der Waals surface area contributed by atoms with Gasteiger partial charge in [0.1, 0.15) is 11.5 Å². The smallest absolute Gasteiger partial charge is 0.167 e. The molecule has 0 amide bonds. The van der Waals surface area contributed by atoms with E-state index in [1.54, 1.807) is 30.3 Å². The summed E-state index contributed by atoms with van der Waals surface area (Å²) in [7, 11) is 1.83. The quantitative estimate of drug-likeness (QED) is 0.860. The summed E-state index contributed by atoms with van der Waals surface area (Å²) in [4.78, 5) is 0. The highest BCUT2D eigenvalue weighted by Gasteiger charge is 2.15. The molecule has 3 nitrogen and oxygen atoms in total. The van der Waals surface area contributed by atoms with Crippen LogP contribution in [0.1, 0.15) is 25.5 Å². The van der Waals surface area contributed by atoms with Gasteiger partial charge in [-0.1, -0.05) is 12.1 Å². The van der Waals surface area contributed by atoms with E-state index >= 15 is 0 Å². The minimum atomic E-state index is -0.372. The fourth-order valence-electron chi connectivity index (χ4n) is 2.02. The van der Waals surface area contributed by atoms with E-state index in [-0.39, 0.29) is 17.6 Å². The predicted molar refractivity (Wildman–Crippen MR) is 81.6 cm³/mol. The lowest BCUT2D eigenvalue weighted by Gasteiger charge is -2.17. The summed E-state index contributed by atoms with van der Waals surface area (Å²) in [6, 6.07) is 12.1. The molecule has 0 aliphatic heterocycles. The zero-order chi connectivity index (χ0) is 15.2. The van der Waals surface area contributed by atoms with Crippen molar-refractivity contribution in [2.75, 3.05) is 13.7 Å². The number of nitrogens with one attached hydrogen (secondary N) is 1. The van der Waals surface area contributed by atoms with Crippen LogP contribution in [0, 0.1) is 5.82 Å². The normalized spacial score (nSPS) is 12.0. The second kappa shape index (κ2) is 7.09. The van der Waals surface area contributed by atoms with Crippen LogP contribution in [-0.2, 0) is 0 Å². The molecule has 2 aromatic carbocycles. The highest BCUT2D eigenvalue weighted by Crippen LogP contribution is 2.32. The molecule has 0 bridgehead atoms. The fourth-order valence-corrected chi connectivity index (χ4v) is 2.02. The van der Waals surface area contributed by atoms with Crippen LogP contribution in [0.15, 0.2) is 42.5 Å². The molecule has 0 heterocycles. The standard InChI is InChI=1S/C17H20FNO2/c1-4-20-13-8-10-14(11-9-13)21-17-15(12(2)19-3)6-5-7-16(17)18/h5-12,19H,4H2,1-3H3. The summed E-state index contributed by atoms with van der Waals surface area (Å²) in [5, 5.41) is 3.09. The maximum atomic E-state index is 14.1. The molecule has 0 aliphatic carbocycles. The first-order valence-electron chi connectivity index (χ1n) is 7.02. The van der Waals surface area contributed by atoms with E-state index < -0.39 is 0 Å². The van der Waals surface area contributed by atoms with Gasteiger partial charge < -0.3 is 14.8 Å². The van der Waals surface area contributed by atoms with E-state index in [4.69, 9.17) is 9.47 Å². The minimum absolute atomic E-state index is 0.00148. The molecule has 2 aromatic rings. The van der Waals surface area contributed by atoms with Gasteiger partial charge in [-0.2, -0.15) is 0 Å². The third-order valence-corrected chi connectivity index (χ3v) is 3.25. The largest absolute Gasteiger partial charge is 0.494 e. The molecule has 1 N–H and O–H groups in total. The molecule has 0 aliphatic rings. The molecule has 1 unspecified atom stereocenters. The number of halogens is 1. The van der Waals surface area contributed by atoms with E-state index in [0.29, 0.717) is 12.4 Å². The molecule has 1 atom stereocenters. The van der Waals surface area contributed by atoms with Crippen molar-refractivity contribution in [1.29, 1.82) is 0 Å². The van der Waals surface area contributed by atoms with Gasteiger partial charge in [-0.15, -0.1) is 0 Å². The minimum Gasteiger partial charge on any atom is -0.494 e. The zero-order valence-corrected chi connectivity index (χ0v) is 12.5. The fraction of sp³-hybridized carbons (Fsp3) is 0.294. The van der Waals surface area contributed by atoms with Crippen LogP contribution in [0.25, 0.3) is 0 Å². The van der Waals surface area contributed by atoms with Gasteiger partial charge in [-0.05, 0) is 51.2 Å². The summed E-state index contributed by atoms with van der Waals surface area (Å²) in [6.07, 6.45) is 0. The summed E-state index contributed by atoms with van der Waals surface area (Å²) in [5.41, 5.74) is 0.784. The highest BCUT2D eigenvalue weighted by molar-refractivity contribution is 5.41. The van der Waals surface area contributed by atoms with Crippen LogP contribution in [0.2, 0.25) is 0 Å². The molecule has 0 saturated carbocycles. The highest BCUT2D eigenvalue weighted by atomic mass is 19.1. The van der Waals surface area contributed by atoms with Crippen LogP contribution in [0.5, 0.6) is 17.2 Å². The van der Waals surface area contributed by atoms with Crippen molar-refractivity contribution in [3.63, 3.8) is 0 Å². The lowest BCUT2D eigenvalue weighted by atomic mass is 10.1. The predicted octanol–water partition coefficient (Wildman–Crippen LogP) is 4.30. The molecule has 112 valence electrons. The molecule has 21 heavy (non-hydrogen) atoms. The van der Waals surface area contributed by atoms with Gasteiger partial charge in [-0.3, -0.25) is 0 Å². The Labute approximate surface area is 124 Å². The average molecular weight is 289 g/mol. The second-order valence-electron chi connectivity index (χ2n) is 4.68. The monoisotopic (exact) mass is 289 g/mol. The van der Waals surface area contributed by atoms with E-state index in [9.17, 15) is 4.39 Å². The number of rotatable bonds is 6. The third kappa shape index (κ3) is 3.73. The van der Waals surface area contributed by atoms with E-state index in [1.165, 1.54) is 6.07 Å². The first kappa shape index (κ1) is 15.3. The van der Waals surface area contributed by atoms with Crippen molar-refractivity contribution in [2.45, 2.75) is 19.9 Å². The molecular formula is C17H20FNO2. The maximum Gasteiger partial charge on any atom is 0.167 e. The van der Waals surface area contributed by atoms with Gasteiger partial charge in [0.05, 0.1) is 6.61 Å². The van der Waals surface area contributed by atoms with Crippen LogP contribution in [0.4, 0.5) is 4.39 Å². The number of hydrogen-bond acceptors (Lipinski definition) is 3. The molecule has 2 rings (SSSR count). The molecule has 0 radical (unpaired) electrons. The van der Waals surface area contributed by atoms with Crippen LogP contribution in [-0.4, -0.2) is 13.7 Å². The SMILES string of the molecule is CCOc1ccc(Oc2c(F)cccc2C(C)NC)cc1. The summed E-state index contributed by atoms with van der Waals surface area (Å²) in [5.74, 6) is 1.22. The second-order valence-corrected chi connectivity index (χ2v) is 4.68. The van der Waals surface area contributed by atoms with Gasteiger partial charge >= 0.3 is 0 Å². The van der Waals surface area contributed by atoms with Gasteiger partial charge in [0.15, 0.2) is 11.6 Å². The van der Waals surface area contributed by atoms with Gasteiger partial charge in [0, 0.05) is 11.6 Å². The average Bonchev–Trinajstić information content (AvgIpc) is 2.50. The molecule has 0 fully saturated rings. The summed E-state index contributed by atoms with van der Waals surface area (Å²) in [6.45, 7) is 4.49. The van der Waals surface area contributed by atoms with E-state index in [0.717, 1.165) is 11.3 Å². The lowest BCUT2D eigenvalue weighted by Crippen LogP contribution is -2.13. The molecule has 0 spiro atoms.